The Balaban J connectivity index is 0.00000120. The third-order valence-corrected chi connectivity index (χ3v) is 10.0. The van der Waals surface area contributed by atoms with Crippen LogP contribution in [0.4, 0.5) is 0 Å². The molecule has 0 aromatic heterocycles. The third-order valence-electron chi connectivity index (χ3n) is 5.82. The van der Waals surface area contributed by atoms with Crippen molar-refractivity contribution in [2.75, 3.05) is 19.0 Å². The highest BCUT2D eigenvalue weighted by Crippen LogP contribution is 2.77. The summed E-state index contributed by atoms with van der Waals surface area (Å²) in [5.41, 5.74) is 0. The number of rotatable bonds is 4. The van der Waals surface area contributed by atoms with Gasteiger partial charge in [-0.05, 0) is 56.3 Å². The summed E-state index contributed by atoms with van der Waals surface area (Å²) in [6, 6.07) is 0. The summed E-state index contributed by atoms with van der Waals surface area (Å²) in [6.07, 6.45) is 7.67. The zero-order chi connectivity index (χ0) is 12.1. The molecular formula is C13H24ClO3P. The Morgan fingerprint density at radius 1 is 0.778 bits per heavy atom. The Labute approximate surface area is 116 Å². The lowest BCUT2D eigenvalue weighted by Crippen LogP contribution is -3.00. The van der Waals surface area contributed by atoms with Crippen LogP contribution in [0.25, 0.3) is 0 Å². The van der Waals surface area contributed by atoms with Gasteiger partial charge in [0.25, 0.3) is 0 Å². The van der Waals surface area contributed by atoms with Crippen LogP contribution in [0.3, 0.4) is 0 Å². The fourth-order valence-corrected chi connectivity index (χ4v) is 8.33. The molecule has 0 heterocycles. The van der Waals surface area contributed by atoms with Gasteiger partial charge in [0, 0.05) is 0 Å². The van der Waals surface area contributed by atoms with Gasteiger partial charge >= 0.3 is 0 Å². The molecule has 0 unspecified atom stereocenters. The SMILES string of the molecule is OC[P+](CO)(CO)C12CC3CC(CC(C3)C1)C2.[Cl-]. The fraction of sp³-hybridized carbons (Fsp3) is 1.00. The van der Waals surface area contributed by atoms with E-state index < -0.39 is 7.26 Å². The molecule has 0 atom stereocenters. The first-order valence-electron chi connectivity index (χ1n) is 6.86. The van der Waals surface area contributed by atoms with Crippen LogP contribution in [0.1, 0.15) is 38.5 Å². The summed E-state index contributed by atoms with van der Waals surface area (Å²) >= 11 is 0. The van der Waals surface area contributed by atoms with Crippen molar-refractivity contribution in [3.63, 3.8) is 0 Å². The van der Waals surface area contributed by atoms with E-state index in [0.717, 1.165) is 37.0 Å². The first-order valence-corrected chi connectivity index (χ1v) is 9.20. The van der Waals surface area contributed by atoms with Gasteiger partial charge in [-0.3, -0.25) is 0 Å². The maximum atomic E-state index is 9.77. The van der Waals surface area contributed by atoms with Crippen molar-refractivity contribution in [2.45, 2.75) is 43.7 Å². The average molecular weight is 295 g/mol. The van der Waals surface area contributed by atoms with E-state index in [1.807, 2.05) is 0 Å². The Morgan fingerprint density at radius 3 is 1.39 bits per heavy atom. The van der Waals surface area contributed by atoms with Crippen molar-refractivity contribution in [1.82, 2.24) is 0 Å². The lowest BCUT2D eigenvalue weighted by atomic mass is 9.56. The smallest absolute Gasteiger partial charge is 0.159 e. The molecule has 3 nitrogen and oxygen atoms in total. The van der Waals surface area contributed by atoms with Gasteiger partial charge < -0.3 is 27.7 Å². The van der Waals surface area contributed by atoms with Crippen LogP contribution in [0.5, 0.6) is 0 Å². The minimum absolute atomic E-state index is 0. The van der Waals surface area contributed by atoms with Crippen molar-refractivity contribution in [2.24, 2.45) is 17.8 Å². The van der Waals surface area contributed by atoms with E-state index in [9.17, 15) is 15.3 Å². The quantitative estimate of drug-likeness (QED) is 0.573. The molecule has 0 spiro atoms. The van der Waals surface area contributed by atoms with E-state index in [4.69, 9.17) is 0 Å². The van der Waals surface area contributed by atoms with Crippen molar-refractivity contribution in [3.05, 3.63) is 0 Å². The number of aliphatic hydroxyl groups is 3. The van der Waals surface area contributed by atoms with Crippen LogP contribution >= 0.6 is 7.26 Å². The number of hydrogen-bond acceptors (Lipinski definition) is 3. The summed E-state index contributed by atoms with van der Waals surface area (Å²) in [6.45, 7) is 0. The summed E-state index contributed by atoms with van der Waals surface area (Å²) in [5, 5.41) is 29.4. The molecule has 4 fully saturated rings. The van der Waals surface area contributed by atoms with Gasteiger partial charge in [-0.15, -0.1) is 0 Å². The molecular weight excluding hydrogens is 271 g/mol. The molecule has 0 aromatic rings. The van der Waals surface area contributed by atoms with Crippen LogP contribution in [0.2, 0.25) is 0 Å². The minimum atomic E-state index is -1.97. The second kappa shape index (κ2) is 5.18. The molecule has 0 saturated heterocycles. The zero-order valence-electron chi connectivity index (χ0n) is 10.8. The summed E-state index contributed by atoms with van der Waals surface area (Å²) < 4.78 is 0. The number of hydrogen-bond donors (Lipinski definition) is 3. The van der Waals surface area contributed by atoms with Gasteiger partial charge in [-0.1, -0.05) is 0 Å². The Morgan fingerprint density at radius 2 is 1.11 bits per heavy atom. The highest BCUT2D eigenvalue weighted by molar-refractivity contribution is 7.76. The lowest BCUT2D eigenvalue weighted by Gasteiger charge is -2.58. The van der Waals surface area contributed by atoms with Crippen molar-refractivity contribution >= 4 is 7.26 Å². The second-order valence-corrected chi connectivity index (χ2v) is 10.8. The molecule has 0 amide bonds. The fourth-order valence-electron chi connectivity index (χ4n) is 5.23. The van der Waals surface area contributed by atoms with Gasteiger partial charge in [-0.2, -0.15) is 0 Å². The largest absolute Gasteiger partial charge is 1.00 e. The van der Waals surface area contributed by atoms with E-state index in [1.165, 1.54) is 19.3 Å². The minimum Gasteiger partial charge on any atom is -1.00 e. The van der Waals surface area contributed by atoms with E-state index in [2.05, 4.69) is 0 Å². The molecule has 0 aliphatic heterocycles. The molecule has 4 bridgehead atoms. The van der Waals surface area contributed by atoms with Gasteiger partial charge in [-0.25, -0.2) is 0 Å². The van der Waals surface area contributed by atoms with E-state index in [1.54, 1.807) is 0 Å². The molecule has 4 rings (SSSR count). The zero-order valence-corrected chi connectivity index (χ0v) is 12.4. The standard InChI is InChI=1S/C13H24O3P.ClH/c14-7-17(8-15,9-16)13-4-10-1-11(5-13)3-12(2-10)6-13;/h10-12,14-16H,1-9H2;1H/q+1;/p-1. The van der Waals surface area contributed by atoms with Gasteiger partial charge in [0.05, 0.1) is 12.4 Å². The maximum Gasteiger partial charge on any atom is 0.159 e. The first-order chi connectivity index (χ1) is 8.17. The van der Waals surface area contributed by atoms with Crippen molar-refractivity contribution in [3.8, 4) is 0 Å². The predicted octanol–water partition coefficient (Wildman–Crippen LogP) is -1.17. The van der Waals surface area contributed by atoms with Crippen molar-refractivity contribution < 1.29 is 27.7 Å². The topological polar surface area (TPSA) is 60.7 Å². The second-order valence-electron chi connectivity index (χ2n) is 6.71. The van der Waals surface area contributed by atoms with E-state index in [0.29, 0.717) is 0 Å². The molecule has 106 valence electrons. The highest BCUT2D eigenvalue weighted by Gasteiger charge is 2.65. The number of aliphatic hydroxyl groups excluding tert-OH is 3. The van der Waals surface area contributed by atoms with Gasteiger partial charge in [0.15, 0.2) is 19.0 Å². The Bertz CT molecular complexity index is 263. The highest BCUT2D eigenvalue weighted by atomic mass is 35.5. The maximum absolute atomic E-state index is 9.77. The normalized spacial score (nSPS) is 41.8. The molecule has 5 heteroatoms. The summed E-state index contributed by atoms with van der Waals surface area (Å²) in [7, 11) is -1.97. The van der Waals surface area contributed by atoms with Crippen LogP contribution in [-0.4, -0.2) is 39.5 Å². The van der Waals surface area contributed by atoms with E-state index in [-0.39, 0.29) is 36.6 Å². The molecule has 3 N–H and O–H groups in total. The van der Waals surface area contributed by atoms with Crippen LogP contribution in [0.15, 0.2) is 0 Å². The van der Waals surface area contributed by atoms with E-state index >= 15 is 0 Å². The average Bonchev–Trinajstić information content (AvgIpc) is 2.29. The Kier molecular flexibility index (Phi) is 4.32. The summed E-state index contributed by atoms with van der Waals surface area (Å²) in [4.78, 5) is 0. The predicted molar refractivity (Wildman–Crippen MR) is 69.1 cm³/mol. The third kappa shape index (κ3) is 1.94. The summed E-state index contributed by atoms with van der Waals surface area (Å²) in [5.74, 6) is 2.43. The molecule has 18 heavy (non-hydrogen) atoms. The lowest BCUT2D eigenvalue weighted by molar-refractivity contribution is -0.0000110. The molecule has 0 aromatic carbocycles. The number of halogens is 1. The molecule has 4 aliphatic carbocycles. The molecule has 4 aliphatic rings. The van der Waals surface area contributed by atoms with Crippen LogP contribution < -0.4 is 12.4 Å². The van der Waals surface area contributed by atoms with Crippen LogP contribution in [0, 0.1) is 17.8 Å². The Hall–Kier alpha value is 0.600. The van der Waals surface area contributed by atoms with Crippen LogP contribution in [-0.2, 0) is 0 Å². The monoisotopic (exact) mass is 294 g/mol. The molecule has 0 radical (unpaired) electrons. The van der Waals surface area contributed by atoms with Crippen molar-refractivity contribution in [1.29, 1.82) is 0 Å². The van der Waals surface area contributed by atoms with Gasteiger partial charge in [0.2, 0.25) is 0 Å². The van der Waals surface area contributed by atoms with Gasteiger partial charge in [0.1, 0.15) is 0 Å². The molecule has 4 saturated carbocycles. The first kappa shape index (κ1) is 15.0.